The Hall–Kier alpha value is -1.19. The number of aryl methyl sites for hydroxylation is 1. The van der Waals surface area contributed by atoms with Crippen LogP contribution in [0.3, 0.4) is 0 Å². The quantitative estimate of drug-likeness (QED) is 0.895. The summed E-state index contributed by atoms with van der Waals surface area (Å²) >= 11 is 11.9. The van der Waals surface area contributed by atoms with Crippen molar-refractivity contribution in [2.45, 2.75) is 26.2 Å². The predicted octanol–water partition coefficient (Wildman–Crippen LogP) is 4.57. The molecule has 5 heteroatoms. The lowest BCUT2D eigenvalue weighted by molar-refractivity contribution is 0.426. The molecule has 0 unspecified atom stereocenters. The van der Waals surface area contributed by atoms with Crippen molar-refractivity contribution in [3.63, 3.8) is 0 Å². The Morgan fingerprint density at radius 3 is 2.72 bits per heavy atom. The molecule has 0 saturated heterocycles. The Kier molecular flexibility index (Phi) is 4.15. The zero-order valence-electron chi connectivity index (χ0n) is 10.0. The van der Waals surface area contributed by atoms with Crippen LogP contribution in [0.5, 0.6) is 0 Å². The lowest BCUT2D eigenvalue weighted by Crippen LogP contribution is -1.91. The van der Waals surface area contributed by atoms with Gasteiger partial charge in [-0.15, -0.1) is 0 Å². The zero-order valence-corrected chi connectivity index (χ0v) is 11.6. The molecule has 1 aromatic carbocycles. The van der Waals surface area contributed by atoms with E-state index in [1.54, 1.807) is 12.1 Å². The molecule has 0 aliphatic carbocycles. The van der Waals surface area contributed by atoms with Crippen molar-refractivity contribution in [1.29, 1.82) is 0 Å². The van der Waals surface area contributed by atoms with Gasteiger partial charge in [-0.25, -0.2) is 0 Å². The summed E-state index contributed by atoms with van der Waals surface area (Å²) in [5.74, 6) is 0.319. The second-order valence-electron chi connectivity index (χ2n) is 4.10. The number of nitrogens with zero attached hydrogens (tertiary/aromatic N) is 1. The molecule has 1 heterocycles. The van der Waals surface area contributed by atoms with Gasteiger partial charge < -0.3 is 10.3 Å². The predicted molar refractivity (Wildman–Crippen MR) is 75.0 cm³/mol. The number of rotatable bonds is 4. The number of hydrogen-bond donors (Lipinski definition) is 1. The number of nitrogens with two attached hydrogens (primary N) is 1. The third-order valence-electron chi connectivity index (χ3n) is 2.76. The maximum absolute atomic E-state index is 6.02. The van der Waals surface area contributed by atoms with Crippen molar-refractivity contribution in [3.05, 3.63) is 33.9 Å². The molecule has 2 rings (SSSR count). The van der Waals surface area contributed by atoms with Gasteiger partial charge >= 0.3 is 0 Å². The van der Waals surface area contributed by atoms with Gasteiger partial charge in [0.25, 0.3) is 0 Å². The number of benzene rings is 1. The molecule has 2 N–H and O–H groups in total. The first-order chi connectivity index (χ1) is 8.63. The van der Waals surface area contributed by atoms with Crippen molar-refractivity contribution in [2.24, 2.45) is 0 Å². The molecule has 0 atom stereocenters. The fraction of sp³-hybridized carbons (Fsp3) is 0.308. The van der Waals surface area contributed by atoms with Crippen molar-refractivity contribution < 1.29 is 4.52 Å². The van der Waals surface area contributed by atoms with Gasteiger partial charge in [0.2, 0.25) is 5.88 Å². The average Bonchev–Trinajstić information content (AvgIpc) is 2.71. The summed E-state index contributed by atoms with van der Waals surface area (Å²) in [5, 5.41) is 5.02. The maximum Gasteiger partial charge on any atom is 0.230 e. The van der Waals surface area contributed by atoms with Gasteiger partial charge in [-0.2, -0.15) is 0 Å². The molecular formula is C13H14Cl2N2O. The lowest BCUT2D eigenvalue weighted by atomic mass is 10.0. The fourth-order valence-corrected chi connectivity index (χ4v) is 2.11. The summed E-state index contributed by atoms with van der Waals surface area (Å²) in [5.41, 5.74) is 8.40. The van der Waals surface area contributed by atoms with Crippen LogP contribution in [0.4, 0.5) is 5.88 Å². The molecule has 0 amide bonds. The highest BCUT2D eigenvalue weighted by atomic mass is 35.5. The summed E-state index contributed by atoms with van der Waals surface area (Å²) in [6.45, 7) is 2.13. The number of unbranched alkanes of at least 4 members (excludes halogenated alkanes) is 1. The lowest BCUT2D eigenvalue weighted by Gasteiger charge is -2.04. The van der Waals surface area contributed by atoms with E-state index in [0.29, 0.717) is 15.9 Å². The van der Waals surface area contributed by atoms with E-state index in [0.717, 1.165) is 36.1 Å². The first-order valence-corrected chi connectivity index (χ1v) is 6.58. The summed E-state index contributed by atoms with van der Waals surface area (Å²) in [6, 6.07) is 5.39. The minimum absolute atomic E-state index is 0.319. The van der Waals surface area contributed by atoms with Crippen LogP contribution in [-0.4, -0.2) is 5.16 Å². The zero-order chi connectivity index (χ0) is 13.1. The number of nitrogen functional groups attached to an aromatic ring is 1. The van der Waals surface area contributed by atoms with Crippen LogP contribution >= 0.6 is 23.2 Å². The third-order valence-corrected chi connectivity index (χ3v) is 3.50. The monoisotopic (exact) mass is 284 g/mol. The highest BCUT2D eigenvalue weighted by Crippen LogP contribution is 2.34. The van der Waals surface area contributed by atoms with Crippen LogP contribution in [0, 0.1) is 0 Å². The molecule has 18 heavy (non-hydrogen) atoms. The Morgan fingerprint density at radius 2 is 2.06 bits per heavy atom. The number of aromatic nitrogens is 1. The Morgan fingerprint density at radius 1 is 1.28 bits per heavy atom. The molecular weight excluding hydrogens is 271 g/mol. The molecule has 96 valence electrons. The minimum Gasteiger partial charge on any atom is -0.367 e. The van der Waals surface area contributed by atoms with Crippen LogP contribution in [0.15, 0.2) is 22.7 Å². The van der Waals surface area contributed by atoms with Gasteiger partial charge in [-0.05, 0) is 30.5 Å². The van der Waals surface area contributed by atoms with Gasteiger partial charge in [0.1, 0.15) is 0 Å². The van der Waals surface area contributed by atoms with Gasteiger partial charge in [0.05, 0.1) is 21.3 Å². The van der Waals surface area contributed by atoms with Crippen LogP contribution in [0.25, 0.3) is 11.1 Å². The summed E-state index contributed by atoms with van der Waals surface area (Å²) in [6.07, 6.45) is 2.97. The van der Waals surface area contributed by atoms with E-state index in [1.165, 1.54) is 0 Å². The van der Waals surface area contributed by atoms with Gasteiger partial charge in [-0.1, -0.05) is 47.8 Å². The molecule has 0 aliphatic heterocycles. The van der Waals surface area contributed by atoms with E-state index >= 15 is 0 Å². The molecule has 2 aromatic rings. The molecule has 0 radical (unpaired) electrons. The van der Waals surface area contributed by atoms with Gasteiger partial charge in [0, 0.05) is 0 Å². The summed E-state index contributed by atoms with van der Waals surface area (Å²) in [7, 11) is 0. The maximum atomic E-state index is 6.02. The summed E-state index contributed by atoms with van der Waals surface area (Å²) < 4.78 is 5.07. The Bertz CT molecular complexity index is 552. The van der Waals surface area contributed by atoms with E-state index in [2.05, 4.69) is 12.1 Å². The first kappa shape index (κ1) is 13.2. The fourth-order valence-electron chi connectivity index (χ4n) is 1.81. The smallest absolute Gasteiger partial charge is 0.230 e. The van der Waals surface area contributed by atoms with E-state index in [1.807, 2.05) is 6.07 Å². The molecule has 0 spiro atoms. The number of anilines is 1. The Balaban J connectivity index is 2.42. The standard InChI is InChI=1S/C13H14Cl2N2O/c1-2-3-4-11-12(13(16)18-17-11)8-5-6-9(14)10(15)7-8/h5-7H,2-4,16H2,1H3. The first-order valence-electron chi connectivity index (χ1n) is 5.83. The van der Waals surface area contributed by atoms with Crippen LogP contribution in [-0.2, 0) is 6.42 Å². The van der Waals surface area contributed by atoms with Gasteiger partial charge in [0.15, 0.2) is 0 Å². The molecule has 0 fully saturated rings. The number of hydrogen-bond acceptors (Lipinski definition) is 3. The van der Waals surface area contributed by atoms with Gasteiger partial charge in [-0.3, -0.25) is 0 Å². The second kappa shape index (κ2) is 5.63. The van der Waals surface area contributed by atoms with Crippen molar-refractivity contribution in [3.8, 4) is 11.1 Å². The van der Waals surface area contributed by atoms with E-state index in [4.69, 9.17) is 33.5 Å². The average molecular weight is 285 g/mol. The van der Waals surface area contributed by atoms with Crippen LogP contribution in [0.2, 0.25) is 10.0 Å². The van der Waals surface area contributed by atoms with E-state index < -0.39 is 0 Å². The van der Waals surface area contributed by atoms with Crippen molar-refractivity contribution >= 4 is 29.1 Å². The SMILES string of the molecule is CCCCc1noc(N)c1-c1ccc(Cl)c(Cl)c1. The second-order valence-corrected chi connectivity index (χ2v) is 4.92. The molecule has 0 bridgehead atoms. The summed E-state index contributed by atoms with van der Waals surface area (Å²) in [4.78, 5) is 0. The molecule has 0 aliphatic rings. The molecule has 3 nitrogen and oxygen atoms in total. The highest BCUT2D eigenvalue weighted by Gasteiger charge is 2.16. The van der Waals surface area contributed by atoms with E-state index in [-0.39, 0.29) is 0 Å². The molecule has 1 aromatic heterocycles. The van der Waals surface area contributed by atoms with E-state index in [9.17, 15) is 0 Å². The van der Waals surface area contributed by atoms with Crippen molar-refractivity contribution in [1.82, 2.24) is 5.16 Å². The number of halogens is 2. The topological polar surface area (TPSA) is 52.0 Å². The minimum atomic E-state index is 0.319. The normalized spacial score (nSPS) is 10.8. The largest absolute Gasteiger partial charge is 0.367 e. The molecule has 0 saturated carbocycles. The van der Waals surface area contributed by atoms with Crippen LogP contribution in [0.1, 0.15) is 25.5 Å². The van der Waals surface area contributed by atoms with Crippen molar-refractivity contribution in [2.75, 3.05) is 5.73 Å². The highest BCUT2D eigenvalue weighted by molar-refractivity contribution is 6.42. The van der Waals surface area contributed by atoms with Crippen LogP contribution < -0.4 is 5.73 Å². The Labute approximate surface area is 116 Å². The third kappa shape index (κ3) is 2.62.